The van der Waals surface area contributed by atoms with Crippen LogP contribution in [0.15, 0.2) is 0 Å². The van der Waals surface area contributed by atoms with Gasteiger partial charge in [-0.1, -0.05) is 51.4 Å². The zero-order valence-corrected chi connectivity index (χ0v) is 9.96. The van der Waals surface area contributed by atoms with Gasteiger partial charge in [0, 0.05) is 6.42 Å². The number of carbonyl (C=O) groups is 1. The molecule has 0 radical (unpaired) electrons. The van der Waals surface area contributed by atoms with Crippen molar-refractivity contribution in [3.8, 4) is 0 Å². The normalized spacial score (nSPS) is 16.9. The van der Waals surface area contributed by atoms with Crippen molar-refractivity contribution in [3.05, 3.63) is 0 Å². The number of methoxy groups -OCH3 is 1. The van der Waals surface area contributed by atoms with Crippen LogP contribution in [0.25, 0.3) is 0 Å². The van der Waals surface area contributed by atoms with Crippen LogP contribution in [0, 0.1) is 5.92 Å². The maximum atomic E-state index is 10.8. The molecule has 0 aromatic carbocycles. The van der Waals surface area contributed by atoms with Crippen molar-refractivity contribution in [2.45, 2.75) is 64.2 Å². The topological polar surface area (TPSA) is 26.3 Å². The van der Waals surface area contributed by atoms with Crippen molar-refractivity contribution < 1.29 is 9.53 Å². The lowest BCUT2D eigenvalue weighted by Gasteiger charge is -2.07. The maximum Gasteiger partial charge on any atom is 0.305 e. The summed E-state index contributed by atoms with van der Waals surface area (Å²) in [5.41, 5.74) is 0. The summed E-state index contributed by atoms with van der Waals surface area (Å²) in [6, 6.07) is 0. The highest BCUT2D eigenvalue weighted by molar-refractivity contribution is 5.68. The minimum absolute atomic E-state index is 0.0641. The van der Waals surface area contributed by atoms with Gasteiger partial charge in [0.15, 0.2) is 0 Å². The van der Waals surface area contributed by atoms with Crippen molar-refractivity contribution in [1.82, 2.24) is 0 Å². The number of hydrogen-bond donors (Lipinski definition) is 0. The number of esters is 1. The molecule has 0 unspecified atom stereocenters. The second-order valence-corrected chi connectivity index (χ2v) is 4.68. The molecule has 2 nitrogen and oxygen atoms in total. The molecule has 0 heterocycles. The Bertz CT molecular complexity index is 171. The van der Waals surface area contributed by atoms with Gasteiger partial charge in [-0.15, -0.1) is 0 Å². The molecule has 0 aliphatic heterocycles. The highest BCUT2D eigenvalue weighted by atomic mass is 16.5. The molecule has 1 aliphatic carbocycles. The van der Waals surface area contributed by atoms with Crippen LogP contribution in [-0.2, 0) is 9.53 Å². The van der Waals surface area contributed by atoms with Gasteiger partial charge in [-0.25, -0.2) is 0 Å². The van der Waals surface area contributed by atoms with Gasteiger partial charge < -0.3 is 4.74 Å². The van der Waals surface area contributed by atoms with Crippen molar-refractivity contribution >= 4 is 5.97 Å². The monoisotopic (exact) mass is 212 g/mol. The van der Waals surface area contributed by atoms with Gasteiger partial charge in [0.2, 0.25) is 0 Å². The number of unbranched alkanes of at least 4 members (excludes halogenated alkanes) is 3. The van der Waals surface area contributed by atoms with Crippen LogP contribution in [0.3, 0.4) is 0 Å². The molecule has 1 saturated carbocycles. The van der Waals surface area contributed by atoms with Crippen LogP contribution < -0.4 is 0 Å². The number of rotatable bonds is 7. The summed E-state index contributed by atoms with van der Waals surface area (Å²) < 4.78 is 4.60. The smallest absolute Gasteiger partial charge is 0.305 e. The Balaban J connectivity index is 1.82. The second-order valence-electron chi connectivity index (χ2n) is 4.68. The van der Waals surface area contributed by atoms with E-state index in [4.69, 9.17) is 0 Å². The molecule has 88 valence electrons. The maximum absolute atomic E-state index is 10.8. The third kappa shape index (κ3) is 5.81. The Labute approximate surface area is 93.4 Å². The number of hydrogen-bond acceptors (Lipinski definition) is 2. The first-order chi connectivity index (χ1) is 7.33. The highest BCUT2D eigenvalue weighted by Gasteiger charge is 2.13. The van der Waals surface area contributed by atoms with Crippen LogP contribution in [0.1, 0.15) is 64.2 Å². The van der Waals surface area contributed by atoms with Crippen LogP contribution in [-0.4, -0.2) is 13.1 Å². The predicted molar refractivity (Wildman–Crippen MR) is 61.7 cm³/mol. The lowest BCUT2D eigenvalue weighted by atomic mass is 9.99. The van der Waals surface area contributed by atoms with E-state index in [1.807, 2.05) is 0 Å². The lowest BCUT2D eigenvalue weighted by Crippen LogP contribution is -1.99. The molecule has 0 N–H and O–H groups in total. The molecule has 1 rings (SSSR count). The van der Waals surface area contributed by atoms with Gasteiger partial charge in [-0.2, -0.15) is 0 Å². The van der Waals surface area contributed by atoms with E-state index in [9.17, 15) is 4.79 Å². The van der Waals surface area contributed by atoms with E-state index >= 15 is 0 Å². The van der Waals surface area contributed by atoms with E-state index in [1.54, 1.807) is 0 Å². The first kappa shape index (κ1) is 12.5. The molecule has 0 amide bonds. The molecule has 1 fully saturated rings. The first-order valence-electron chi connectivity index (χ1n) is 6.39. The Morgan fingerprint density at radius 2 is 1.80 bits per heavy atom. The molecular weight excluding hydrogens is 188 g/mol. The van der Waals surface area contributed by atoms with E-state index in [1.165, 1.54) is 58.5 Å². The summed E-state index contributed by atoms with van der Waals surface area (Å²) in [6.45, 7) is 0. The number of ether oxygens (including phenoxy) is 1. The van der Waals surface area contributed by atoms with E-state index in [0.717, 1.165) is 12.3 Å². The fourth-order valence-electron chi connectivity index (χ4n) is 2.46. The average Bonchev–Trinajstić information content (AvgIpc) is 2.75. The molecule has 0 spiro atoms. The predicted octanol–water partition coefficient (Wildman–Crippen LogP) is 3.69. The van der Waals surface area contributed by atoms with Gasteiger partial charge in [0.25, 0.3) is 0 Å². The van der Waals surface area contributed by atoms with E-state index < -0.39 is 0 Å². The highest BCUT2D eigenvalue weighted by Crippen LogP contribution is 2.29. The van der Waals surface area contributed by atoms with Gasteiger partial charge >= 0.3 is 5.97 Å². The summed E-state index contributed by atoms with van der Waals surface area (Å²) in [6.07, 6.45) is 12.7. The minimum atomic E-state index is -0.0641. The largest absolute Gasteiger partial charge is 0.469 e. The summed E-state index contributed by atoms with van der Waals surface area (Å²) in [5, 5.41) is 0. The fourth-order valence-corrected chi connectivity index (χ4v) is 2.46. The van der Waals surface area contributed by atoms with E-state index in [-0.39, 0.29) is 5.97 Å². The van der Waals surface area contributed by atoms with Crippen molar-refractivity contribution in [3.63, 3.8) is 0 Å². The molecule has 0 atom stereocenters. The molecule has 0 aromatic heterocycles. The van der Waals surface area contributed by atoms with Gasteiger partial charge in [-0.3, -0.25) is 4.79 Å². The van der Waals surface area contributed by atoms with Crippen LogP contribution in [0.4, 0.5) is 0 Å². The summed E-state index contributed by atoms with van der Waals surface area (Å²) in [4.78, 5) is 10.8. The Kier molecular flexibility index (Phi) is 6.45. The van der Waals surface area contributed by atoms with Crippen LogP contribution in [0.5, 0.6) is 0 Å². The molecular formula is C13H24O2. The van der Waals surface area contributed by atoms with Crippen molar-refractivity contribution in [1.29, 1.82) is 0 Å². The summed E-state index contributed by atoms with van der Waals surface area (Å²) in [7, 11) is 1.46. The van der Waals surface area contributed by atoms with Crippen molar-refractivity contribution in [2.75, 3.05) is 7.11 Å². The van der Waals surface area contributed by atoms with Crippen molar-refractivity contribution in [2.24, 2.45) is 5.92 Å². The molecule has 15 heavy (non-hydrogen) atoms. The first-order valence-corrected chi connectivity index (χ1v) is 6.39. The zero-order chi connectivity index (χ0) is 10.9. The average molecular weight is 212 g/mol. The molecule has 2 heteroatoms. The van der Waals surface area contributed by atoms with Crippen LogP contribution >= 0.6 is 0 Å². The second kappa shape index (κ2) is 7.72. The quantitative estimate of drug-likeness (QED) is 0.475. The van der Waals surface area contributed by atoms with Gasteiger partial charge in [-0.05, 0) is 12.3 Å². The van der Waals surface area contributed by atoms with E-state index in [2.05, 4.69) is 4.74 Å². The lowest BCUT2D eigenvalue weighted by molar-refractivity contribution is -0.140. The third-order valence-corrected chi connectivity index (χ3v) is 3.45. The summed E-state index contributed by atoms with van der Waals surface area (Å²) in [5.74, 6) is 0.955. The molecule has 0 bridgehead atoms. The van der Waals surface area contributed by atoms with Gasteiger partial charge in [0.05, 0.1) is 7.11 Å². The minimum Gasteiger partial charge on any atom is -0.469 e. The Morgan fingerprint density at radius 1 is 1.13 bits per heavy atom. The number of carbonyl (C=O) groups excluding carboxylic acids is 1. The third-order valence-electron chi connectivity index (χ3n) is 3.45. The Hall–Kier alpha value is -0.530. The molecule has 1 aliphatic rings. The molecule has 0 aromatic rings. The standard InChI is InChI=1S/C13H24O2/c1-15-13(14)11-5-3-2-4-8-12-9-6-7-10-12/h12H,2-11H2,1H3. The summed E-state index contributed by atoms with van der Waals surface area (Å²) >= 11 is 0. The zero-order valence-electron chi connectivity index (χ0n) is 9.96. The fraction of sp³-hybridized carbons (Fsp3) is 0.923. The van der Waals surface area contributed by atoms with Crippen LogP contribution in [0.2, 0.25) is 0 Å². The molecule has 0 saturated heterocycles. The Morgan fingerprint density at radius 3 is 2.47 bits per heavy atom. The SMILES string of the molecule is COC(=O)CCCCCCC1CCCC1. The van der Waals surface area contributed by atoms with Gasteiger partial charge in [0.1, 0.15) is 0 Å². The van der Waals surface area contributed by atoms with E-state index in [0.29, 0.717) is 6.42 Å².